The molecule has 1 aliphatic rings. The Morgan fingerprint density at radius 1 is 1.45 bits per heavy atom. The number of hydrogen-bond donors (Lipinski definition) is 3. The normalized spacial score (nSPS) is 17.1. The first-order chi connectivity index (χ1) is 9.58. The van der Waals surface area contributed by atoms with Gasteiger partial charge in [0.2, 0.25) is 5.91 Å². The number of benzene rings is 1. The van der Waals surface area contributed by atoms with Gasteiger partial charge >= 0.3 is 0 Å². The summed E-state index contributed by atoms with van der Waals surface area (Å²) in [7, 11) is 0. The third-order valence-electron chi connectivity index (χ3n) is 3.90. The molecule has 1 saturated heterocycles. The number of anilines is 2. The highest BCUT2D eigenvalue weighted by molar-refractivity contribution is 5.92. The van der Waals surface area contributed by atoms with Crippen molar-refractivity contribution in [3.8, 4) is 0 Å². The van der Waals surface area contributed by atoms with E-state index in [0.717, 1.165) is 37.2 Å². The van der Waals surface area contributed by atoms with E-state index in [1.807, 2.05) is 19.1 Å². The third kappa shape index (κ3) is 3.95. The SMILES string of the molecule is Cc1ccc(NC(=O)CN2CCC(CO)CC2)cc1N. The molecule has 4 N–H and O–H groups in total. The van der Waals surface area contributed by atoms with E-state index in [9.17, 15) is 4.79 Å². The number of hydrogen-bond acceptors (Lipinski definition) is 4. The lowest BCUT2D eigenvalue weighted by atomic mass is 9.98. The first-order valence-corrected chi connectivity index (χ1v) is 7.07. The Balaban J connectivity index is 1.82. The highest BCUT2D eigenvalue weighted by Gasteiger charge is 2.20. The zero-order valence-corrected chi connectivity index (χ0v) is 11.9. The van der Waals surface area contributed by atoms with E-state index in [1.54, 1.807) is 6.07 Å². The number of piperidine rings is 1. The number of likely N-dealkylation sites (tertiary alicyclic amines) is 1. The summed E-state index contributed by atoms with van der Waals surface area (Å²) < 4.78 is 0. The van der Waals surface area contributed by atoms with Gasteiger partial charge in [-0.15, -0.1) is 0 Å². The number of rotatable bonds is 4. The molecule has 0 radical (unpaired) electrons. The van der Waals surface area contributed by atoms with Gasteiger partial charge in [0.15, 0.2) is 0 Å². The maximum absolute atomic E-state index is 12.0. The zero-order chi connectivity index (χ0) is 14.5. The molecule has 2 rings (SSSR count). The summed E-state index contributed by atoms with van der Waals surface area (Å²) in [4.78, 5) is 14.1. The minimum atomic E-state index is -0.0179. The monoisotopic (exact) mass is 277 g/mol. The highest BCUT2D eigenvalue weighted by Crippen LogP contribution is 2.18. The van der Waals surface area contributed by atoms with Crippen LogP contribution in [0.4, 0.5) is 11.4 Å². The van der Waals surface area contributed by atoms with E-state index >= 15 is 0 Å². The van der Waals surface area contributed by atoms with Crippen molar-refractivity contribution in [3.63, 3.8) is 0 Å². The fourth-order valence-corrected chi connectivity index (χ4v) is 2.45. The number of carbonyl (C=O) groups excluding carboxylic acids is 1. The van der Waals surface area contributed by atoms with Crippen LogP contribution in [0.1, 0.15) is 18.4 Å². The standard InChI is InChI=1S/C15H23N3O2/c1-11-2-3-13(8-14(11)16)17-15(20)9-18-6-4-12(10-19)5-7-18/h2-3,8,12,19H,4-7,9-10,16H2,1H3,(H,17,20). The van der Waals surface area contributed by atoms with Gasteiger partial charge in [0.1, 0.15) is 0 Å². The molecule has 110 valence electrons. The van der Waals surface area contributed by atoms with Gasteiger partial charge in [-0.3, -0.25) is 9.69 Å². The fraction of sp³-hybridized carbons (Fsp3) is 0.533. The molecule has 1 fully saturated rings. The Bertz CT molecular complexity index is 468. The fourth-order valence-electron chi connectivity index (χ4n) is 2.45. The molecule has 0 atom stereocenters. The lowest BCUT2D eigenvalue weighted by Gasteiger charge is -2.30. The van der Waals surface area contributed by atoms with Crippen molar-refractivity contribution in [2.45, 2.75) is 19.8 Å². The Morgan fingerprint density at radius 3 is 2.75 bits per heavy atom. The minimum absolute atomic E-state index is 0.0179. The summed E-state index contributed by atoms with van der Waals surface area (Å²) in [5.41, 5.74) is 8.26. The quantitative estimate of drug-likeness (QED) is 0.723. The highest BCUT2D eigenvalue weighted by atomic mass is 16.3. The van der Waals surface area contributed by atoms with Crippen LogP contribution in [-0.4, -0.2) is 42.2 Å². The second-order valence-electron chi connectivity index (χ2n) is 5.52. The molecule has 0 spiro atoms. The summed E-state index contributed by atoms with van der Waals surface area (Å²) in [5, 5.41) is 12.0. The van der Waals surface area contributed by atoms with Crippen molar-refractivity contribution in [1.82, 2.24) is 4.90 Å². The van der Waals surface area contributed by atoms with Crippen LogP contribution in [0.25, 0.3) is 0 Å². The van der Waals surface area contributed by atoms with Gasteiger partial charge in [-0.05, 0) is 56.5 Å². The smallest absolute Gasteiger partial charge is 0.238 e. The van der Waals surface area contributed by atoms with Gasteiger partial charge in [0.05, 0.1) is 6.54 Å². The summed E-state index contributed by atoms with van der Waals surface area (Å²) in [6.07, 6.45) is 1.92. The van der Waals surface area contributed by atoms with E-state index in [2.05, 4.69) is 10.2 Å². The number of carbonyl (C=O) groups is 1. The number of aliphatic hydroxyl groups is 1. The van der Waals surface area contributed by atoms with Crippen LogP contribution >= 0.6 is 0 Å². The van der Waals surface area contributed by atoms with Gasteiger partial charge in [0, 0.05) is 18.0 Å². The molecule has 0 aliphatic carbocycles. The first-order valence-electron chi connectivity index (χ1n) is 7.07. The van der Waals surface area contributed by atoms with Crippen LogP contribution in [-0.2, 0) is 4.79 Å². The van der Waals surface area contributed by atoms with Gasteiger partial charge in [0.25, 0.3) is 0 Å². The topological polar surface area (TPSA) is 78.6 Å². The molecular weight excluding hydrogens is 254 g/mol. The second-order valence-corrected chi connectivity index (χ2v) is 5.52. The Labute approximate surface area is 119 Å². The van der Waals surface area contributed by atoms with Gasteiger partial charge in [-0.1, -0.05) is 6.07 Å². The van der Waals surface area contributed by atoms with Crippen LogP contribution in [0.3, 0.4) is 0 Å². The number of aliphatic hydroxyl groups excluding tert-OH is 1. The molecule has 1 aliphatic heterocycles. The molecule has 0 aromatic heterocycles. The molecule has 1 amide bonds. The number of aryl methyl sites for hydroxylation is 1. The number of amides is 1. The molecule has 5 nitrogen and oxygen atoms in total. The van der Waals surface area contributed by atoms with E-state index in [4.69, 9.17) is 10.8 Å². The summed E-state index contributed by atoms with van der Waals surface area (Å²) in [6.45, 7) is 4.32. The molecule has 1 heterocycles. The van der Waals surface area contributed by atoms with Crippen molar-refractivity contribution in [2.75, 3.05) is 37.3 Å². The van der Waals surface area contributed by atoms with Crippen LogP contribution < -0.4 is 11.1 Å². The Hall–Kier alpha value is -1.59. The number of nitrogens with two attached hydrogens (primary N) is 1. The Morgan fingerprint density at radius 2 is 2.15 bits per heavy atom. The third-order valence-corrected chi connectivity index (χ3v) is 3.90. The van der Waals surface area contributed by atoms with Crippen molar-refractivity contribution >= 4 is 17.3 Å². The van der Waals surface area contributed by atoms with Crippen LogP contribution in [0, 0.1) is 12.8 Å². The number of nitrogen functional groups attached to an aromatic ring is 1. The van der Waals surface area contributed by atoms with Crippen molar-refractivity contribution < 1.29 is 9.90 Å². The van der Waals surface area contributed by atoms with Crippen LogP contribution in [0.15, 0.2) is 18.2 Å². The molecule has 20 heavy (non-hydrogen) atoms. The van der Waals surface area contributed by atoms with E-state index in [0.29, 0.717) is 18.2 Å². The van der Waals surface area contributed by atoms with Crippen molar-refractivity contribution in [2.24, 2.45) is 5.92 Å². The van der Waals surface area contributed by atoms with Gasteiger partial charge in [-0.2, -0.15) is 0 Å². The lowest BCUT2D eigenvalue weighted by Crippen LogP contribution is -2.39. The lowest BCUT2D eigenvalue weighted by molar-refractivity contribution is -0.117. The predicted octanol–water partition coefficient (Wildman–Crippen LogP) is 1.22. The molecule has 0 unspecified atom stereocenters. The van der Waals surface area contributed by atoms with Crippen molar-refractivity contribution in [3.05, 3.63) is 23.8 Å². The van der Waals surface area contributed by atoms with Crippen LogP contribution in [0.5, 0.6) is 0 Å². The predicted molar refractivity (Wildman–Crippen MR) is 80.5 cm³/mol. The van der Waals surface area contributed by atoms with Crippen molar-refractivity contribution in [1.29, 1.82) is 0 Å². The number of nitrogens with one attached hydrogen (secondary N) is 1. The summed E-state index contributed by atoms with van der Waals surface area (Å²) >= 11 is 0. The molecule has 1 aromatic rings. The molecule has 1 aromatic carbocycles. The first kappa shape index (κ1) is 14.8. The van der Waals surface area contributed by atoms with Gasteiger partial charge < -0.3 is 16.2 Å². The number of nitrogens with zero attached hydrogens (tertiary/aromatic N) is 1. The molecule has 0 saturated carbocycles. The van der Waals surface area contributed by atoms with Gasteiger partial charge in [-0.25, -0.2) is 0 Å². The van der Waals surface area contributed by atoms with E-state index < -0.39 is 0 Å². The second kappa shape index (κ2) is 6.72. The largest absolute Gasteiger partial charge is 0.398 e. The molecule has 5 heteroatoms. The van der Waals surface area contributed by atoms with E-state index in [-0.39, 0.29) is 12.5 Å². The van der Waals surface area contributed by atoms with E-state index in [1.165, 1.54) is 0 Å². The average Bonchev–Trinajstić information content (AvgIpc) is 2.44. The minimum Gasteiger partial charge on any atom is -0.398 e. The maximum Gasteiger partial charge on any atom is 0.238 e. The maximum atomic E-state index is 12.0. The average molecular weight is 277 g/mol. The molecular formula is C15H23N3O2. The summed E-state index contributed by atoms with van der Waals surface area (Å²) in [5.74, 6) is 0.377. The van der Waals surface area contributed by atoms with Crippen LogP contribution in [0.2, 0.25) is 0 Å². The Kier molecular flexibility index (Phi) is 4.98. The summed E-state index contributed by atoms with van der Waals surface area (Å²) in [6, 6.07) is 5.55. The zero-order valence-electron chi connectivity index (χ0n) is 11.9. The molecule has 0 bridgehead atoms.